The van der Waals surface area contributed by atoms with Gasteiger partial charge in [-0.05, 0) is 37.6 Å². The smallest absolute Gasteiger partial charge is 0.357 e. The van der Waals surface area contributed by atoms with E-state index in [0.717, 1.165) is 16.9 Å². The summed E-state index contributed by atoms with van der Waals surface area (Å²) >= 11 is 0. The predicted molar refractivity (Wildman–Crippen MR) is 102 cm³/mol. The van der Waals surface area contributed by atoms with Crippen molar-refractivity contribution in [1.29, 1.82) is 0 Å². The van der Waals surface area contributed by atoms with E-state index >= 15 is 0 Å². The minimum atomic E-state index is -0.690. The van der Waals surface area contributed by atoms with Crippen molar-refractivity contribution in [3.63, 3.8) is 0 Å². The predicted octanol–water partition coefficient (Wildman–Crippen LogP) is 3.18. The molecule has 0 radical (unpaired) electrons. The molecule has 27 heavy (non-hydrogen) atoms. The first kappa shape index (κ1) is 20.2. The van der Waals surface area contributed by atoms with E-state index < -0.39 is 11.9 Å². The lowest BCUT2D eigenvalue weighted by Gasteiger charge is -2.24. The number of methoxy groups -OCH3 is 3. The Balaban J connectivity index is 2.77. The first-order chi connectivity index (χ1) is 13.0. The first-order valence-corrected chi connectivity index (χ1v) is 8.61. The molecule has 144 valence electrons. The van der Waals surface area contributed by atoms with Crippen molar-refractivity contribution in [3.05, 3.63) is 41.6 Å². The number of rotatable bonds is 7. The zero-order valence-electron chi connectivity index (χ0n) is 16.2. The van der Waals surface area contributed by atoms with Crippen LogP contribution in [-0.4, -0.2) is 51.3 Å². The minimum absolute atomic E-state index is 0.0612. The summed E-state index contributed by atoms with van der Waals surface area (Å²) in [6.07, 6.45) is 0. The van der Waals surface area contributed by atoms with Crippen LogP contribution in [0, 0.1) is 0 Å². The lowest BCUT2D eigenvalue weighted by molar-refractivity contribution is 0.0550. The van der Waals surface area contributed by atoms with Gasteiger partial charge in [-0.2, -0.15) is 0 Å². The molecule has 0 bridgehead atoms. The van der Waals surface area contributed by atoms with Gasteiger partial charge in [0.1, 0.15) is 11.6 Å². The quantitative estimate of drug-likeness (QED) is 0.691. The summed E-state index contributed by atoms with van der Waals surface area (Å²) in [5.41, 5.74) is 1.55. The van der Waals surface area contributed by atoms with Gasteiger partial charge in [-0.1, -0.05) is 12.1 Å². The number of carbonyl (C=O) groups excluding carboxylic acids is 2. The van der Waals surface area contributed by atoms with Gasteiger partial charge in [0, 0.05) is 18.7 Å². The molecular formula is C20H24N2O5. The van der Waals surface area contributed by atoms with Crippen LogP contribution in [0.3, 0.4) is 0 Å². The fraction of sp³-hybridized carbons (Fsp3) is 0.350. The van der Waals surface area contributed by atoms with Gasteiger partial charge >= 0.3 is 11.9 Å². The molecule has 0 aliphatic heterocycles. The maximum Gasteiger partial charge on any atom is 0.357 e. The molecule has 1 aromatic carbocycles. The fourth-order valence-electron chi connectivity index (χ4n) is 2.77. The second-order valence-electron chi connectivity index (χ2n) is 5.64. The highest BCUT2D eigenvalue weighted by atomic mass is 16.5. The van der Waals surface area contributed by atoms with E-state index in [2.05, 4.69) is 4.98 Å². The maximum atomic E-state index is 12.3. The van der Waals surface area contributed by atoms with E-state index in [-0.39, 0.29) is 11.3 Å². The zero-order chi connectivity index (χ0) is 20.0. The van der Waals surface area contributed by atoms with Gasteiger partial charge in [0.05, 0.1) is 26.9 Å². The molecule has 0 unspecified atom stereocenters. The molecule has 0 atom stereocenters. The summed E-state index contributed by atoms with van der Waals surface area (Å²) in [6, 6.07) is 9.03. The van der Waals surface area contributed by atoms with Gasteiger partial charge in [-0.15, -0.1) is 0 Å². The van der Waals surface area contributed by atoms with Crippen molar-refractivity contribution in [2.45, 2.75) is 13.8 Å². The van der Waals surface area contributed by atoms with Crippen LogP contribution in [0.1, 0.15) is 34.7 Å². The molecule has 0 saturated heterocycles. The van der Waals surface area contributed by atoms with Crippen LogP contribution >= 0.6 is 0 Å². The number of hydrogen-bond donors (Lipinski definition) is 0. The van der Waals surface area contributed by atoms with Crippen molar-refractivity contribution in [2.24, 2.45) is 0 Å². The molecule has 0 amide bonds. The standard InChI is InChI=1S/C20H24N2O5/c1-6-22(7-2)18-15(13-8-10-14(25-3)11-9-13)12-16(19(23)26-4)17(21-18)20(24)27-5/h8-12H,6-7H2,1-5H3. The average Bonchev–Trinajstić information content (AvgIpc) is 2.73. The van der Waals surface area contributed by atoms with E-state index in [9.17, 15) is 9.59 Å². The van der Waals surface area contributed by atoms with Crippen LogP contribution in [0.25, 0.3) is 11.1 Å². The molecule has 1 heterocycles. The molecule has 7 nitrogen and oxygen atoms in total. The van der Waals surface area contributed by atoms with Gasteiger partial charge in [-0.3, -0.25) is 0 Å². The highest BCUT2D eigenvalue weighted by Crippen LogP contribution is 2.33. The summed E-state index contributed by atoms with van der Waals surface area (Å²) in [5.74, 6) is -0.0254. The third-order valence-corrected chi connectivity index (χ3v) is 4.25. The summed E-state index contributed by atoms with van der Waals surface area (Å²) in [4.78, 5) is 31.0. The Morgan fingerprint density at radius 1 is 0.963 bits per heavy atom. The topological polar surface area (TPSA) is 78.0 Å². The molecule has 0 saturated carbocycles. The summed E-state index contributed by atoms with van der Waals surface area (Å²) in [5, 5.41) is 0. The number of ether oxygens (including phenoxy) is 3. The van der Waals surface area contributed by atoms with Crippen molar-refractivity contribution in [1.82, 2.24) is 4.98 Å². The summed E-state index contributed by atoms with van der Waals surface area (Å²) < 4.78 is 14.8. The van der Waals surface area contributed by atoms with Crippen LogP contribution in [0.5, 0.6) is 5.75 Å². The van der Waals surface area contributed by atoms with E-state index in [4.69, 9.17) is 14.2 Å². The third kappa shape index (κ3) is 4.19. The number of hydrogen-bond acceptors (Lipinski definition) is 7. The van der Waals surface area contributed by atoms with Crippen LogP contribution < -0.4 is 9.64 Å². The molecule has 0 aliphatic rings. The monoisotopic (exact) mass is 372 g/mol. The van der Waals surface area contributed by atoms with Crippen LogP contribution in [0.15, 0.2) is 30.3 Å². The molecule has 2 rings (SSSR count). The number of carbonyl (C=O) groups is 2. The molecule has 1 aromatic heterocycles. The van der Waals surface area contributed by atoms with E-state index in [1.54, 1.807) is 13.2 Å². The van der Waals surface area contributed by atoms with Gasteiger partial charge in [-0.25, -0.2) is 14.6 Å². The van der Waals surface area contributed by atoms with Crippen LogP contribution in [0.4, 0.5) is 5.82 Å². The molecular weight excluding hydrogens is 348 g/mol. The zero-order valence-corrected chi connectivity index (χ0v) is 16.2. The van der Waals surface area contributed by atoms with Crippen molar-refractivity contribution < 1.29 is 23.8 Å². The molecule has 0 fully saturated rings. The fourth-order valence-corrected chi connectivity index (χ4v) is 2.77. The Labute approximate surface area is 158 Å². The highest BCUT2D eigenvalue weighted by molar-refractivity contribution is 6.03. The van der Waals surface area contributed by atoms with Crippen molar-refractivity contribution >= 4 is 17.8 Å². The Kier molecular flexibility index (Phi) is 6.76. The number of anilines is 1. The lowest BCUT2D eigenvalue weighted by Crippen LogP contribution is -2.26. The number of nitrogens with zero attached hydrogens (tertiary/aromatic N) is 2. The van der Waals surface area contributed by atoms with Gasteiger partial charge in [0.15, 0.2) is 5.69 Å². The Morgan fingerprint density at radius 3 is 2.04 bits per heavy atom. The summed E-state index contributed by atoms with van der Waals surface area (Å²) in [7, 11) is 4.10. The Morgan fingerprint density at radius 2 is 1.56 bits per heavy atom. The van der Waals surface area contributed by atoms with E-state index in [1.165, 1.54) is 14.2 Å². The lowest BCUT2D eigenvalue weighted by atomic mass is 10.0. The molecule has 0 aliphatic carbocycles. The Bertz CT molecular complexity index is 814. The number of esters is 2. The molecule has 7 heteroatoms. The normalized spacial score (nSPS) is 10.3. The van der Waals surface area contributed by atoms with Crippen LogP contribution in [0.2, 0.25) is 0 Å². The third-order valence-electron chi connectivity index (χ3n) is 4.25. The van der Waals surface area contributed by atoms with Gasteiger partial charge in [0.25, 0.3) is 0 Å². The highest BCUT2D eigenvalue weighted by Gasteiger charge is 2.25. The van der Waals surface area contributed by atoms with Crippen molar-refractivity contribution in [3.8, 4) is 16.9 Å². The minimum Gasteiger partial charge on any atom is -0.497 e. The van der Waals surface area contributed by atoms with Crippen molar-refractivity contribution in [2.75, 3.05) is 39.3 Å². The largest absolute Gasteiger partial charge is 0.497 e. The summed E-state index contributed by atoms with van der Waals surface area (Å²) in [6.45, 7) is 5.36. The number of aromatic nitrogens is 1. The molecule has 0 N–H and O–H groups in total. The first-order valence-electron chi connectivity index (χ1n) is 8.61. The maximum absolute atomic E-state index is 12.3. The molecule has 2 aromatic rings. The SMILES string of the molecule is CCN(CC)c1nc(C(=O)OC)c(C(=O)OC)cc1-c1ccc(OC)cc1. The van der Waals surface area contributed by atoms with Gasteiger partial charge < -0.3 is 19.1 Å². The van der Waals surface area contributed by atoms with E-state index in [1.807, 2.05) is 43.0 Å². The number of pyridine rings is 1. The Hall–Kier alpha value is -3.09. The van der Waals surface area contributed by atoms with E-state index in [0.29, 0.717) is 18.9 Å². The second-order valence-corrected chi connectivity index (χ2v) is 5.64. The van der Waals surface area contributed by atoms with Crippen LogP contribution in [-0.2, 0) is 9.47 Å². The molecule has 0 spiro atoms. The second kappa shape index (κ2) is 9.02. The number of benzene rings is 1. The average molecular weight is 372 g/mol. The van der Waals surface area contributed by atoms with Gasteiger partial charge in [0.2, 0.25) is 0 Å².